The van der Waals surface area contributed by atoms with E-state index in [9.17, 15) is 4.79 Å². The van der Waals surface area contributed by atoms with Crippen molar-refractivity contribution in [1.82, 2.24) is 0 Å². The second-order valence-corrected chi connectivity index (χ2v) is 2.26. The second-order valence-electron chi connectivity index (χ2n) is 1.77. The van der Waals surface area contributed by atoms with Crippen LogP contribution in [0.15, 0.2) is 0 Å². The Morgan fingerprint density at radius 2 is 2.44 bits per heavy atom. The Morgan fingerprint density at radius 3 is 3.22 bits per heavy atom. The van der Waals surface area contributed by atoms with Gasteiger partial charge >= 0.3 is 6.16 Å². The van der Waals surface area contributed by atoms with Crippen LogP contribution < -0.4 is 0 Å². The zero-order chi connectivity index (χ0) is 6.69. The third-order valence-electron chi connectivity index (χ3n) is 1.02. The molecule has 1 unspecified atom stereocenters. The zero-order valence-electron chi connectivity index (χ0n) is 4.80. The molecule has 0 aromatic carbocycles. The van der Waals surface area contributed by atoms with Crippen LogP contribution in [0.2, 0.25) is 0 Å². The normalized spacial score (nSPS) is 28.1. The lowest BCUT2D eigenvalue weighted by molar-refractivity contribution is 0.0640. The Bertz CT molecular complexity index is 115. The van der Waals surface area contributed by atoms with Crippen LogP contribution >= 0.6 is 11.6 Å². The van der Waals surface area contributed by atoms with E-state index in [0.29, 0.717) is 13.0 Å². The van der Waals surface area contributed by atoms with E-state index in [-0.39, 0.29) is 0 Å². The maximum atomic E-state index is 10.4. The molecule has 1 rings (SSSR count). The molecule has 0 N–H and O–H groups in total. The molecule has 52 valence electrons. The number of carbonyl (C=O) groups is 1. The fourth-order valence-electron chi connectivity index (χ4n) is 0.597. The molecule has 1 aliphatic heterocycles. The molecule has 3 nitrogen and oxygen atoms in total. The van der Waals surface area contributed by atoms with Gasteiger partial charge in [0.1, 0.15) is 0 Å². The van der Waals surface area contributed by atoms with Crippen molar-refractivity contribution in [2.45, 2.75) is 18.4 Å². The van der Waals surface area contributed by atoms with Crippen LogP contribution in [0.25, 0.3) is 0 Å². The largest absolute Gasteiger partial charge is 0.509 e. The SMILES string of the molecule is O=C1OCCCC(Cl)O1. The molecule has 4 heteroatoms. The first kappa shape index (κ1) is 6.68. The van der Waals surface area contributed by atoms with Crippen LogP contribution in [-0.4, -0.2) is 18.3 Å². The van der Waals surface area contributed by atoms with E-state index >= 15 is 0 Å². The molecule has 1 atom stereocenters. The lowest BCUT2D eigenvalue weighted by atomic mass is 10.3. The molecule has 0 radical (unpaired) electrons. The maximum Gasteiger partial charge on any atom is 0.509 e. The van der Waals surface area contributed by atoms with Gasteiger partial charge < -0.3 is 9.47 Å². The highest BCUT2D eigenvalue weighted by Gasteiger charge is 2.15. The van der Waals surface area contributed by atoms with E-state index in [4.69, 9.17) is 11.6 Å². The van der Waals surface area contributed by atoms with Crippen molar-refractivity contribution >= 4 is 17.8 Å². The summed E-state index contributed by atoms with van der Waals surface area (Å²) >= 11 is 5.49. The summed E-state index contributed by atoms with van der Waals surface area (Å²) in [5, 5.41) is 0. The Balaban J connectivity index is 2.37. The van der Waals surface area contributed by atoms with Crippen molar-refractivity contribution in [3.05, 3.63) is 0 Å². The van der Waals surface area contributed by atoms with Crippen LogP contribution in [0.3, 0.4) is 0 Å². The van der Waals surface area contributed by atoms with Crippen LogP contribution in [0.4, 0.5) is 4.79 Å². The van der Waals surface area contributed by atoms with E-state index < -0.39 is 11.7 Å². The summed E-state index contributed by atoms with van der Waals surface area (Å²) in [6.45, 7) is 0.419. The van der Waals surface area contributed by atoms with Crippen molar-refractivity contribution < 1.29 is 14.3 Å². The third kappa shape index (κ3) is 2.10. The highest BCUT2D eigenvalue weighted by atomic mass is 35.5. The quantitative estimate of drug-likeness (QED) is 0.388. The summed E-state index contributed by atoms with van der Waals surface area (Å²) in [5.74, 6) is 0. The first-order chi connectivity index (χ1) is 4.29. The van der Waals surface area contributed by atoms with E-state index in [0.717, 1.165) is 6.42 Å². The van der Waals surface area contributed by atoms with Gasteiger partial charge in [-0.25, -0.2) is 4.79 Å². The van der Waals surface area contributed by atoms with Crippen molar-refractivity contribution in [3.8, 4) is 0 Å². The highest BCUT2D eigenvalue weighted by Crippen LogP contribution is 2.12. The third-order valence-corrected chi connectivity index (χ3v) is 1.33. The first-order valence-corrected chi connectivity index (χ1v) is 3.20. The summed E-state index contributed by atoms with van der Waals surface area (Å²) in [7, 11) is 0. The average Bonchev–Trinajstić information content (AvgIpc) is 1.93. The molecule has 0 aliphatic carbocycles. The van der Waals surface area contributed by atoms with Gasteiger partial charge in [0.25, 0.3) is 0 Å². The first-order valence-electron chi connectivity index (χ1n) is 2.76. The van der Waals surface area contributed by atoms with Gasteiger partial charge in [-0.15, -0.1) is 0 Å². The van der Waals surface area contributed by atoms with Crippen LogP contribution in [0.1, 0.15) is 12.8 Å². The van der Waals surface area contributed by atoms with Crippen LogP contribution in [-0.2, 0) is 9.47 Å². The summed E-state index contributed by atoms with van der Waals surface area (Å²) in [5.41, 5.74) is -0.500. The lowest BCUT2D eigenvalue weighted by Gasteiger charge is -2.02. The number of hydrogen-bond donors (Lipinski definition) is 0. The number of hydrogen-bond acceptors (Lipinski definition) is 3. The zero-order valence-corrected chi connectivity index (χ0v) is 5.56. The molecule has 0 bridgehead atoms. The van der Waals surface area contributed by atoms with Gasteiger partial charge in [-0.1, -0.05) is 11.6 Å². The predicted octanol–water partition coefficient (Wildman–Crippen LogP) is 1.50. The van der Waals surface area contributed by atoms with Crippen LogP contribution in [0.5, 0.6) is 0 Å². The van der Waals surface area contributed by atoms with Gasteiger partial charge in [-0.2, -0.15) is 0 Å². The summed E-state index contributed by atoms with van der Waals surface area (Å²) in [6.07, 6.45) is 0.792. The Kier molecular flexibility index (Phi) is 2.16. The number of rotatable bonds is 0. The maximum absolute atomic E-state index is 10.4. The van der Waals surface area contributed by atoms with E-state index in [2.05, 4.69) is 9.47 Å². The molecule has 9 heavy (non-hydrogen) atoms. The molecule has 1 aliphatic rings. The molecule has 1 saturated heterocycles. The summed E-state index contributed by atoms with van der Waals surface area (Å²) < 4.78 is 9.04. The summed E-state index contributed by atoms with van der Waals surface area (Å²) in [4.78, 5) is 10.4. The number of carbonyl (C=O) groups excluding carboxylic acids is 1. The van der Waals surface area contributed by atoms with Crippen molar-refractivity contribution in [1.29, 1.82) is 0 Å². The molecular weight excluding hydrogens is 144 g/mol. The van der Waals surface area contributed by atoms with Gasteiger partial charge in [0.2, 0.25) is 0 Å². The van der Waals surface area contributed by atoms with E-state index in [1.165, 1.54) is 0 Å². The molecule has 0 aromatic heterocycles. The molecule has 0 saturated carbocycles. The minimum Gasteiger partial charge on any atom is -0.434 e. The van der Waals surface area contributed by atoms with Crippen LogP contribution in [0, 0.1) is 0 Å². The predicted molar refractivity (Wildman–Crippen MR) is 31.3 cm³/mol. The minimum atomic E-state index is -0.660. The average molecular weight is 151 g/mol. The Hall–Kier alpha value is -0.440. The van der Waals surface area contributed by atoms with Gasteiger partial charge in [0, 0.05) is 6.42 Å². The van der Waals surface area contributed by atoms with E-state index in [1.807, 2.05) is 0 Å². The molecule has 1 heterocycles. The van der Waals surface area contributed by atoms with Gasteiger partial charge in [-0.05, 0) is 6.42 Å². The molecule has 0 aromatic rings. The summed E-state index contributed by atoms with van der Waals surface area (Å²) in [6, 6.07) is 0. The number of ether oxygens (including phenoxy) is 2. The van der Waals surface area contributed by atoms with Gasteiger partial charge in [0.15, 0.2) is 5.56 Å². The second kappa shape index (κ2) is 2.92. The van der Waals surface area contributed by atoms with Crippen molar-refractivity contribution in [2.24, 2.45) is 0 Å². The highest BCUT2D eigenvalue weighted by molar-refractivity contribution is 6.20. The Labute approximate surface area is 57.9 Å². The Morgan fingerprint density at radius 1 is 1.67 bits per heavy atom. The smallest absolute Gasteiger partial charge is 0.434 e. The monoisotopic (exact) mass is 150 g/mol. The minimum absolute atomic E-state index is 0.419. The molecular formula is C5H7ClO3. The topological polar surface area (TPSA) is 35.5 Å². The molecule has 1 fully saturated rings. The lowest BCUT2D eigenvalue weighted by Crippen LogP contribution is -2.08. The van der Waals surface area contributed by atoms with Gasteiger partial charge in [-0.3, -0.25) is 0 Å². The van der Waals surface area contributed by atoms with Crippen molar-refractivity contribution in [3.63, 3.8) is 0 Å². The number of halogens is 1. The fourth-order valence-corrected chi connectivity index (χ4v) is 0.824. The fraction of sp³-hybridized carbons (Fsp3) is 0.800. The molecule has 0 spiro atoms. The number of alkyl halides is 1. The van der Waals surface area contributed by atoms with E-state index in [1.54, 1.807) is 0 Å². The van der Waals surface area contributed by atoms with Crippen molar-refractivity contribution in [2.75, 3.05) is 6.61 Å². The standard InChI is InChI=1S/C5H7ClO3/c6-4-2-1-3-8-5(7)9-4/h4H,1-3H2. The van der Waals surface area contributed by atoms with Gasteiger partial charge in [0.05, 0.1) is 6.61 Å². The molecule has 0 amide bonds. The number of cyclic esters (lactones) is 2.